The molecular weight excluding hydrogens is 248 g/mol. The van der Waals surface area contributed by atoms with Crippen molar-refractivity contribution in [1.82, 2.24) is 10.2 Å². The monoisotopic (exact) mass is 276 g/mol. The molecule has 2 atom stereocenters. The molecule has 0 aliphatic carbocycles. The van der Waals surface area contributed by atoms with Crippen LogP contribution < -0.4 is 5.32 Å². The highest BCUT2D eigenvalue weighted by atomic mass is 16.5. The molecular formula is C17H28N2O. The number of piperazine rings is 1. The van der Waals surface area contributed by atoms with Gasteiger partial charge in [-0.05, 0) is 25.3 Å². The Morgan fingerprint density at radius 3 is 2.80 bits per heavy atom. The first-order chi connectivity index (χ1) is 9.81. The Morgan fingerprint density at radius 1 is 1.25 bits per heavy atom. The summed E-state index contributed by atoms with van der Waals surface area (Å²) < 4.78 is 5.58. The molecule has 1 heterocycles. The topological polar surface area (TPSA) is 24.5 Å². The fourth-order valence-electron chi connectivity index (χ4n) is 2.76. The van der Waals surface area contributed by atoms with Gasteiger partial charge in [0, 0.05) is 44.9 Å². The van der Waals surface area contributed by atoms with Crippen molar-refractivity contribution < 1.29 is 4.74 Å². The second kappa shape index (κ2) is 8.40. The van der Waals surface area contributed by atoms with Gasteiger partial charge in [0.25, 0.3) is 0 Å². The van der Waals surface area contributed by atoms with E-state index in [0.717, 1.165) is 45.7 Å². The van der Waals surface area contributed by atoms with Gasteiger partial charge in [0.1, 0.15) is 0 Å². The molecule has 0 amide bonds. The Labute approximate surface area is 123 Å². The van der Waals surface area contributed by atoms with E-state index in [1.807, 2.05) is 0 Å². The van der Waals surface area contributed by atoms with Crippen LogP contribution in [0.1, 0.15) is 38.3 Å². The molecule has 0 bridgehead atoms. The lowest BCUT2D eigenvalue weighted by molar-refractivity contribution is 0.0973. The molecule has 1 aliphatic rings. The summed E-state index contributed by atoms with van der Waals surface area (Å²) in [6.45, 7) is 9.54. The van der Waals surface area contributed by atoms with Crippen molar-refractivity contribution in [2.45, 2.75) is 38.8 Å². The molecule has 1 aromatic rings. The van der Waals surface area contributed by atoms with Gasteiger partial charge < -0.3 is 10.1 Å². The smallest absolute Gasteiger partial charge is 0.0478 e. The maximum atomic E-state index is 5.58. The first-order valence-corrected chi connectivity index (χ1v) is 7.91. The highest BCUT2D eigenvalue weighted by molar-refractivity contribution is 5.20. The van der Waals surface area contributed by atoms with E-state index < -0.39 is 0 Å². The van der Waals surface area contributed by atoms with Crippen LogP contribution in [0.3, 0.4) is 0 Å². The van der Waals surface area contributed by atoms with Crippen LogP contribution in [0, 0.1) is 0 Å². The lowest BCUT2D eigenvalue weighted by Crippen LogP contribution is -2.51. The Balaban J connectivity index is 1.79. The first-order valence-electron chi connectivity index (χ1n) is 7.91. The summed E-state index contributed by atoms with van der Waals surface area (Å²) in [4.78, 5) is 2.59. The fraction of sp³-hybridized carbons (Fsp3) is 0.647. The van der Waals surface area contributed by atoms with E-state index in [-0.39, 0.29) is 0 Å². The summed E-state index contributed by atoms with van der Waals surface area (Å²) in [5.41, 5.74) is 1.40. The molecule has 3 nitrogen and oxygen atoms in total. The molecule has 1 fully saturated rings. The molecule has 0 radical (unpaired) electrons. The lowest BCUT2D eigenvalue weighted by Gasteiger charge is -2.39. The van der Waals surface area contributed by atoms with Gasteiger partial charge in [0.2, 0.25) is 0 Å². The molecule has 2 unspecified atom stereocenters. The number of rotatable bonds is 7. The average Bonchev–Trinajstić information content (AvgIpc) is 2.49. The van der Waals surface area contributed by atoms with Gasteiger partial charge >= 0.3 is 0 Å². The van der Waals surface area contributed by atoms with Gasteiger partial charge in [0.15, 0.2) is 0 Å². The standard InChI is InChI=1S/C17H28N2O/c1-3-11-20-12-7-10-19-14-17(18-13-15(19)2)16-8-5-4-6-9-16/h4-6,8-9,15,17-18H,3,7,10-14H2,1-2H3. The van der Waals surface area contributed by atoms with E-state index >= 15 is 0 Å². The van der Waals surface area contributed by atoms with Crippen molar-refractivity contribution in [2.24, 2.45) is 0 Å². The summed E-state index contributed by atoms with van der Waals surface area (Å²) >= 11 is 0. The van der Waals surface area contributed by atoms with E-state index in [0.29, 0.717) is 12.1 Å². The van der Waals surface area contributed by atoms with Crippen molar-refractivity contribution in [2.75, 3.05) is 32.8 Å². The summed E-state index contributed by atoms with van der Waals surface area (Å²) in [5, 5.41) is 3.65. The zero-order chi connectivity index (χ0) is 14.2. The van der Waals surface area contributed by atoms with Gasteiger partial charge in [-0.2, -0.15) is 0 Å². The largest absolute Gasteiger partial charge is 0.381 e. The van der Waals surface area contributed by atoms with Crippen LogP contribution in [0.4, 0.5) is 0 Å². The Hall–Kier alpha value is -0.900. The van der Waals surface area contributed by atoms with Gasteiger partial charge in [-0.1, -0.05) is 37.3 Å². The Morgan fingerprint density at radius 2 is 2.05 bits per heavy atom. The van der Waals surface area contributed by atoms with Crippen LogP contribution in [0.25, 0.3) is 0 Å². The van der Waals surface area contributed by atoms with Crippen molar-refractivity contribution in [1.29, 1.82) is 0 Å². The average molecular weight is 276 g/mol. The minimum atomic E-state index is 0.462. The summed E-state index contributed by atoms with van der Waals surface area (Å²) in [6.07, 6.45) is 2.24. The molecule has 0 spiro atoms. The molecule has 3 heteroatoms. The minimum absolute atomic E-state index is 0.462. The molecule has 1 aromatic carbocycles. The number of ether oxygens (including phenoxy) is 1. The maximum absolute atomic E-state index is 5.58. The number of benzene rings is 1. The molecule has 112 valence electrons. The van der Waals surface area contributed by atoms with Crippen LogP contribution in [0.15, 0.2) is 30.3 Å². The third-order valence-corrected chi connectivity index (χ3v) is 3.98. The van der Waals surface area contributed by atoms with E-state index in [2.05, 4.69) is 54.4 Å². The number of hydrogen-bond donors (Lipinski definition) is 1. The summed E-state index contributed by atoms with van der Waals surface area (Å²) in [5.74, 6) is 0. The lowest BCUT2D eigenvalue weighted by atomic mass is 10.0. The quantitative estimate of drug-likeness (QED) is 0.775. The van der Waals surface area contributed by atoms with Crippen LogP contribution in [-0.4, -0.2) is 43.8 Å². The highest BCUT2D eigenvalue weighted by Crippen LogP contribution is 2.19. The second-order valence-electron chi connectivity index (χ2n) is 5.68. The molecule has 1 N–H and O–H groups in total. The van der Waals surface area contributed by atoms with Gasteiger partial charge in [-0.3, -0.25) is 4.90 Å². The van der Waals surface area contributed by atoms with E-state index in [4.69, 9.17) is 4.74 Å². The highest BCUT2D eigenvalue weighted by Gasteiger charge is 2.25. The molecule has 2 rings (SSSR count). The normalized spacial score (nSPS) is 23.9. The maximum Gasteiger partial charge on any atom is 0.0478 e. The van der Waals surface area contributed by atoms with E-state index in [1.54, 1.807) is 0 Å². The third-order valence-electron chi connectivity index (χ3n) is 3.98. The first kappa shape index (κ1) is 15.5. The molecule has 0 saturated carbocycles. The molecule has 20 heavy (non-hydrogen) atoms. The summed E-state index contributed by atoms with van der Waals surface area (Å²) in [7, 11) is 0. The van der Waals surface area contributed by atoms with Crippen molar-refractivity contribution in [3.8, 4) is 0 Å². The molecule has 1 saturated heterocycles. The predicted octanol–water partition coefficient (Wildman–Crippen LogP) is 2.84. The second-order valence-corrected chi connectivity index (χ2v) is 5.68. The van der Waals surface area contributed by atoms with Crippen LogP contribution >= 0.6 is 0 Å². The number of hydrogen-bond acceptors (Lipinski definition) is 3. The predicted molar refractivity (Wildman–Crippen MR) is 83.9 cm³/mol. The fourth-order valence-corrected chi connectivity index (χ4v) is 2.76. The van der Waals surface area contributed by atoms with Gasteiger partial charge in [-0.15, -0.1) is 0 Å². The third kappa shape index (κ3) is 4.58. The van der Waals surface area contributed by atoms with E-state index in [1.165, 1.54) is 5.56 Å². The van der Waals surface area contributed by atoms with E-state index in [9.17, 15) is 0 Å². The zero-order valence-electron chi connectivity index (χ0n) is 12.8. The zero-order valence-corrected chi connectivity index (χ0v) is 12.8. The van der Waals surface area contributed by atoms with Crippen molar-refractivity contribution in [3.63, 3.8) is 0 Å². The minimum Gasteiger partial charge on any atom is -0.381 e. The SMILES string of the molecule is CCCOCCCN1CC(c2ccccc2)NCC1C. The molecule has 0 aromatic heterocycles. The van der Waals surface area contributed by atoms with Crippen molar-refractivity contribution in [3.05, 3.63) is 35.9 Å². The van der Waals surface area contributed by atoms with Crippen LogP contribution in [0.2, 0.25) is 0 Å². The Kier molecular flexibility index (Phi) is 6.51. The summed E-state index contributed by atoms with van der Waals surface area (Å²) in [6, 6.07) is 11.8. The molecule has 1 aliphatic heterocycles. The van der Waals surface area contributed by atoms with Gasteiger partial charge in [-0.25, -0.2) is 0 Å². The van der Waals surface area contributed by atoms with Gasteiger partial charge in [0.05, 0.1) is 0 Å². The van der Waals surface area contributed by atoms with Crippen molar-refractivity contribution >= 4 is 0 Å². The van der Waals surface area contributed by atoms with Crippen LogP contribution in [-0.2, 0) is 4.74 Å². The van der Waals surface area contributed by atoms with Crippen LogP contribution in [0.5, 0.6) is 0 Å². The Bertz CT molecular complexity index is 369. The number of nitrogens with zero attached hydrogens (tertiary/aromatic N) is 1. The number of nitrogens with one attached hydrogen (secondary N) is 1.